The van der Waals surface area contributed by atoms with E-state index in [0.29, 0.717) is 17.9 Å². The number of para-hydroxylation sites is 1. The molecular formula is C18H18N4O3. The number of aliphatic imine (C=N–C) groups is 1. The molecule has 1 aromatic carbocycles. The molecule has 1 aliphatic rings. The van der Waals surface area contributed by atoms with Crippen molar-refractivity contribution in [3.8, 4) is 5.75 Å². The second-order valence-corrected chi connectivity index (χ2v) is 5.41. The Morgan fingerprint density at radius 2 is 2.16 bits per heavy atom. The zero-order valence-corrected chi connectivity index (χ0v) is 13.7. The van der Waals surface area contributed by atoms with Crippen LogP contribution in [0, 0.1) is 0 Å². The topological polar surface area (TPSA) is 92.7 Å². The SMILES string of the molecule is CCOc1ccccc1[C@H]1CC(=O)NC(NC(=O)c2cccnc2)=N1. The van der Waals surface area contributed by atoms with E-state index in [9.17, 15) is 9.59 Å². The Hall–Kier alpha value is -3.22. The summed E-state index contributed by atoms with van der Waals surface area (Å²) in [7, 11) is 0. The first-order valence-corrected chi connectivity index (χ1v) is 7.98. The molecule has 2 N–H and O–H groups in total. The smallest absolute Gasteiger partial charge is 0.259 e. The summed E-state index contributed by atoms with van der Waals surface area (Å²) in [5.41, 5.74) is 1.20. The van der Waals surface area contributed by atoms with Crippen LogP contribution >= 0.6 is 0 Å². The number of guanidine groups is 1. The number of carbonyl (C=O) groups excluding carboxylic acids is 2. The molecule has 2 heterocycles. The van der Waals surface area contributed by atoms with Crippen LogP contribution < -0.4 is 15.4 Å². The van der Waals surface area contributed by atoms with Crippen LogP contribution in [0.3, 0.4) is 0 Å². The van der Waals surface area contributed by atoms with Crippen molar-refractivity contribution in [1.82, 2.24) is 15.6 Å². The van der Waals surface area contributed by atoms with Gasteiger partial charge in [0, 0.05) is 18.0 Å². The van der Waals surface area contributed by atoms with Crippen molar-refractivity contribution in [3.05, 3.63) is 59.9 Å². The summed E-state index contributed by atoms with van der Waals surface area (Å²) in [4.78, 5) is 32.6. The van der Waals surface area contributed by atoms with E-state index in [0.717, 1.165) is 5.56 Å². The first-order chi connectivity index (χ1) is 12.2. The summed E-state index contributed by atoms with van der Waals surface area (Å²) in [6, 6.07) is 10.3. The van der Waals surface area contributed by atoms with Crippen LogP contribution in [-0.4, -0.2) is 29.4 Å². The number of pyridine rings is 1. The zero-order chi connectivity index (χ0) is 17.6. The zero-order valence-electron chi connectivity index (χ0n) is 13.7. The van der Waals surface area contributed by atoms with Crippen molar-refractivity contribution in [2.45, 2.75) is 19.4 Å². The van der Waals surface area contributed by atoms with Gasteiger partial charge in [-0.3, -0.25) is 25.2 Å². The Kier molecular flexibility index (Phi) is 5.03. The average molecular weight is 338 g/mol. The Labute approximate surface area is 145 Å². The van der Waals surface area contributed by atoms with Crippen LogP contribution in [0.5, 0.6) is 5.75 Å². The molecule has 0 aliphatic carbocycles. The minimum absolute atomic E-state index is 0.126. The number of nitrogens with zero attached hydrogens (tertiary/aromatic N) is 2. The number of rotatable bonds is 4. The Bertz CT molecular complexity index is 805. The fourth-order valence-corrected chi connectivity index (χ4v) is 2.56. The van der Waals surface area contributed by atoms with Gasteiger partial charge in [0.25, 0.3) is 5.91 Å². The van der Waals surface area contributed by atoms with Crippen molar-refractivity contribution in [1.29, 1.82) is 0 Å². The van der Waals surface area contributed by atoms with Gasteiger partial charge >= 0.3 is 0 Å². The molecule has 7 nitrogen and oxygen atoms in total. The minimum atomic E-state index is -0.416. The van der Waals surface area contributed by atoms with E-state index in [4.69, 9.17) is 4.74 Å². The highest BCUT2D eigenvalue weighted by molar-refractivity contribution is 6.10. The molecule has 0 radical (unpaired) electrons. The van der Waals surface area contributed by atoms with E-state index in [2.05, 4.69) is 20.6 Å². The van der Waals surface area contributed by atoms with Gasteiger partial charge in [-0.2, -0.15) is 0 Å². The molecule has 128 valence electrons. The summed E-state index contributed by atoms with van der Waals surface area (Å²) < 4.78 is 5.61. The van der Waals surface area contributed by atoms with Crippen LogP contribution in [-0.2, 0) is 4.79 Å². The van der Waals surface area contributed by atoms with Crippen LogP contribution in [0.25, 0.3) is 0 Å². The quantitative estimate of drug-likeness (QED) is 0.889. The fourth-order valence-electron chi connectivity index (χ4n) is 2.56. The molecule has 0 fully saturated rings. The predicted molar refractivity (Wildman–Crippen MR) is 92.2 cm³/mol. The lowest BCUT2D eigenvalue weighted by molar-refractivity contribution is -0.120. The molecule has 0 bridgehead atoms. The number of ether oxygens (including phenoxy) is 1. The summed E-state index contributed by atoms with van der Waals surface area (Å²) in [5.74, 6) is 0.214. The fraction of sp³-hybridized carbons (Fsp3) is 0.222. The lowest BCUT2D eigenvalue weighted by Crippen LogP contribution is -2.47. The van der Waals surface area contributed by atoms with Gasteiger partial charge in [-0.15, -0.1) is 0 Å². The average Bonchev–Trinajstić information content (AvgIpc) is 2.62. The number of benzene rings is 1. The third-order valence-corrected chi connectivity index (χ3v) is 3.66. The van der Waals surface area contributed by atoms with Crippen LogP contribution in [0.2, 0.25) is 0 Å². The first kappa shape index (κ1) is 16.6. The van der Waals surface area contributed by atoms with Gasteiger partial charge in [0.05, 0.1) is 24.6 Å². The summed E-state index contributed by atoms with van der Waals surface area (Å²) in [6.07, 6.45) is 3.22. The van der Waals surface area contributed by atoms with Crippen LogP contribution in [0.4, 0.5) is 0 Å². The van der Waals surface area contributed by atoms with Gasteiger partial charge in [-0.05, 0) is 25.1 Å². The normalized spacial score (nSPS) is 16.6. The van der Waals surface area contributed by atoms with Crippen LogP contribution in [0.15, 0.2) is 53.8 Å². The third kappa shape index (κ3) is 4.00. The van der Waals surface area contributed by atoms with E-state index in [1.165, 1.54) is 6.20 Å². The third-order valence-electron chi connectivity index (χ3n) is 3.66. The van der Waals surface area contributed by atoms with Crippen LogP contribution in [0.1, 0.15) is 35.3 Å². The van der Waals surface area contributed by atoms with Crippen molar-refractivity contribution < 1.29 is 14.3 Å². The van der Waals surface area contributed by atoms with E-state index in [1.54, 1.807) is 18.3 Å². The largest absolute Gasteiger partial charge is 0.494 e. The molecule has 1 aliphatic heterocycles. The highest BCUT2D eigenvalue weighted by Crippen LogP contribution is 2.31. The van der Waals surface area contributed by atoms with Crippen molar-refractivity contribution in [3.63, 3.8) is 0 Å². The maximum atomic E-state index is 12.2. The van der Waals surface area contributed by atoms with E-state index in [1.807, 2.05) is 31.2 Å². The molecule has 1 atom stereocenters. The molecule has 3 rings (SSSR count). The molecule has 25 heavy (non-hydrogen) atoms. The number of hydrogen-bond donors (Lipinski definition) is 2. The maximum Gasteiger partial charge on any atom is 0.259 e. The van der Waals surface area contributed by atoms with Crippen molar-refractivity contribution >= 4 is 17.8 Å². The molecule has 2 aromatic rings. The molecular weight excluding hydrogens is 320 g/mol. The molecule has 2 amide bonds. The predicted octanol–water partition coefficient (Wildman–Crippen LogP) is 1.83. The van der Waals surface area contributed by atoms with Gasteiger partial charge < -0.3 is 4.74 Å². The summed E-state index contributed by atoms with van der Waals surface area (Å²) >= 11 is 0. The van der Waals surface area contributed by atoms with E-state index < -0.39 is 6.04 Å². The molecule has 1 aromatic heterocycles. The van der Waals surface area contributed by atoms with E-state index >= 15 is 0 Å². The molecule has 0 saturated heterocycles. The van der Waals surface area contributed by atoms with E-state index in [-0.39, 0.29) is 24.2 Å². The minimum Gasteiger partial charge on any atom is -0.494 e. The number of aromatic nitrogens is 1. The summed E-state index contributed by atoms with van der Waals surface area (Å²) in [6.45, 7) is 2.41. The number of carbonyl (C=O) groups is 2. The number of hydrogen-bond acceptors (Lipinski definition) is 5. The summed E-state index contributed by atoms with van der Waals surface area (Å²) in [5, 5.41) is 5.20. The van der Waals surface area contributed by atoms with Gasteiger partial charge in [0.2, 0.25) is 11.9 Å². The second kappa shape index (κ2) is 7.57. The second-order valence-electron chi connectivity index (χ2n) is 5.41. The van der Waals surface area contributed by atoms with Gasteiger partial charge in [-0.1, -0.05) is 18.2 Å². The monoisotopic (exact) mass is 338 g/mol. The standard InChI is InChI=1S/C18H18N4O3/c1-2-25-15-8-4-3-7-13(15)14-10-16(23)21-18(20-14)22-17(24)12-6-5-9-19-11-12/h3-9,11,14H,2,10H2,1H3,(H2,20,21,22,23,24)/t14-/m1/s1. The highest BCUT2D eigenvalue weighted by atomic mass is 16.5. The lowest BCUT2D eigenvalue weighted by atomic mass is 10.0. The maximum absolute atomic E-state index is 12.2. The number of nitrogens with one attached hydrogen (secondary N) is 2. The number of amides is 2. The van der Waals surface area contributed by atoms with Gasteiger partial charge in [0.1, 0.15) is 5.75 Å². The van der Waals surface area contributed by atoms with Crippen molar-refractivity contribution in [2.75, 3.05) is 6.61 Å². The molecule has 0 unspecified atom stereocenters. The molecule has 0 saturated carbocycles. The highest BCUT2D eigenvalue weighted by Gasteiger charge is 2.25. The Balaban J connectivity index is 1.83. The molecule has 0 spiro atoms. The van der Waals surface area contributed by atoms with Gasteiger partial charge in [-0.25, -0.2) is 4.99 Å². The first-order valence-electron chi connectivity index (χ1n) is 7.98. The van der Waals surface area contributed by atoms with Gasteiger partial charge in [0.15, 0.2) is 0 Å². The Morgan fingerprint density at radius 1 is 1.32 bits per heavy atom. The lowest BCUT2D eigenvalue weighted by Gasteiger charge is -2.23. The Morgan fingerprint density at radius 3 is 2.92 bits per heavy atom. The van der Waals surface area contributed by atoms with Crippen molar-refractivity contribution in [2.24, 2.45) is 4.99 Å². The molecule has 7 heteroatoms.